The highest BCUT2D eigenvalue weighted by Gasteiger charge is 2.35. The Hall–Kier alpha value is -1.47. The van der Waals surface area contributed by atoms with Crippen molar-refractivity contribution >= 4 is 0 Å². The van der Waals surface area contributed by atoms with Crippen LogP contribution >= 0.6 is 0 Å². The number of rotatable bonds is 3. The lowest BCUT2D eigenvalue weighted by atomic mass is 10.0. The monoisotopic (exact) mass is 263 g/mol. The Bertz CT molecular complexity index is 434. The highest BCUT2D eigenvalue weighted by molar-refractivity contribution is 5.49. The van der Waals surface area contributed by atoms with Crippen LogP contribution in [0.4, 0.5) is 13.2 Å². The summed E-state index contributed by atoms with van der Waals surface area (Å²) in [6, 6.07) is 2.29. The second-order valence-electron chi connectivity index (χ2n) is 3.77. The summed E-state index contributed by atoms with van der Waals surface area (Å²) >= 11 is 0. The van der Waals surface area contributed by atoms with Crippen molar-refractivity contribution in [3.8, 4) is 11.5 Å². The van der Waals surface area contributed by atoms with Crippen molar-refractivity contribution in [2.24, 2.45) is 5.90 Å². The molecule has 100 valence electrons. The van der Waals surface area contributed by atoms with E-state index >= 15 is 0 Å². The summed E-state index contributed by atoms with van der Waals surface area (Å²) in [7, 11) is 0. The molecule has 0 fully saturated rings. The first-order chi connectivity index (χ1) is 8.52. The molecule has 4 nitrogen and oxygen atoms in total. The first kappa shape index (κ1) is 13.0. The number of hydrogen-bond donors (Lipinski definition) is 1. The summed E-state index contributed by atoms with van der Waals surface area (Å²) in [5.41, 5.74) is -0.666. The Morgan fingerprint density at radius 3 is 2.33 bits per heavy atom. The van der Waals surface area contributed by atoms with Crippen LogP contribution in [0.15, 0.2) is 12.1 Å². The molecule has 0 unspecified atom stereocenters. The van der Waals surface area contributed by atoms with Crippen LogP contribution in [0.3, 0.4) is 0 Å². The fourth-order valence-electron chi connectivity index (χ4n) is 1.77. The third kappa shape index (κ3) is 2.68. The smallest absolute Gasteiger partial charge is 0.416 e. The zero-order valence-electron chi connectivity index (χ0n) is 9.42. The molecule has 0 spiro atoms. The molecule has 2 N–H and O–H groups in total. The lowest BCUT2D eigenvalue weighted by molar-refractivity contribution is -0.138. The number of halogens is 3. The molecule has 2 rings (SSSR count). The highest BCUT2D eigenvalue weighted by Crippen LogP contribution is 2.40. The fraction of sp³-hybridized carbons (Fsp3) is 0.455. The van der Waals surface area contributed by atoms with E-state index in [1.807, 2.05) is 0 Å². The van der Waals surface area contributed by atoms with E-state index < -0.39 is 11.7 Å². The van der Waals surface area contributed by atoms with Gasteiger partial charge in [0.1, 0.15) is 13.2 Å². The molecule has 0 amide bonds. The van der Waals surface area contributed by atoms with Crippen LogP contribution in [-0.4, -0.2) is 19.8 Å². The van der Waals surface area contributed by atoms with Crippen LogP contribution in [0.25, 0.3) is 0 Å². The van der Waals surface area contributed by atoms with Crippen molar-refractivity contribution in [3.63, 3.8) is 0 Å². The Morgan fingerprint density at radius 2 is 1.78 bits per heavy atom. The van der Waals surface area contributed by atoms with Gasteiger partial charge in [0.2, 0.25) is 0 Å². The predicted octanol–water partition coefficient (Wildman–Crippen LogP) is 1.91. The Morgan fingerprint density at radius 1 is 1.17 bits per heavy atom. The van der Waals surface area contributed by atoms with Crippen LogP contribution in [0.5, 0.6) is 11.5 Å². The molecular weight excluding hydrogens is 251 g/mol. The van der Waals surface area contributed by atoms with Crippen molar-refractivity contribution < 1.29 is 27.5 Å². The maximum absolute atomic E-state index is 12.9. The van der Waals surface area contributed by atoms with Crippen molar-refractivity contribution in [2.75, 3.05) is 19.8 Å². The van der Waals surface area contributed by atoms with Crippen LogP contribution in [0, 0.1) is 0 Å². The number of fused-ring (bicyclic) bond motifs is 1. The normalized spacial score (nSPS) is 14.7. The lowest BCUT2D eigenvalue weighted by Gasteiger charge is -2.22. The minimum absolute atomic E-state index is 0.00270. The van der Waals surface area contributed by atoms with Gasteiger partial charge in [-0.1, -0.05) is 0 Å². The van der Waals surface area contributed by atoms with E-state index in [4.69, 9.17) is 15.4 Å². The van der Waals surface area contributed by atoms with Gasteiger partial charge in [0.15, 0.2) is 11.5 Å². The topological polar surface area (TPSA) is 53.7 Å². The van der Waals surface area contributed by atoms with E-state index in [0.29, 0.717) is 12.4 Å². The average molecular weight is 263 g/mol. The summed E-state index contributed by atoms with van der Waals surface area (Å²) in [4.78, 5) is 4.32. The second-order valence-corrected chi connectivity index (χ2v) is 3.77. The van der Waals surface area contributed by atoms with E-state index in [1.165, 1.54) is 6.07 Å². The number of benzene rings is 1. The lowest BCUT2D eigenvalue weighted by Crippen LogP contribution is -2.18. The molecule has 0 saturated carbocycles. The predicted molar refractivity (Wildman–Crippen MR) is 56.3 cm³/mol. The second kappa shape index (κ2) is 5.03. The zero-order valence-corrected chi connectivity index (χ0v) is 9.42. The van der Waals surface area contributed by atoms with Crippen molar-refractivity contribution in [2.45, 2.75) is 12.6 Å². The quantitative estimate of drug-likeness (QED) is 0.846. The minimum atomic E-state index is -4.44. The Kier molecular flexibility index (Phi) is 3.63. The van der Waals surface area contributed by atoms with Gasteiger partial charge < -0.3 is 14.3 Å². The van der Waals surface area contributed by atoms with Gasteiger partial charge in [-0.25, -0.2) is 5.90 Å². The molecule has 1 aliphatic rings. The van der Waals surface area contributed by atoms with Gasteiger partial charge in [0, 0.05) is 0 Å². The molecular formula is C11H12F3NO3. The molecule has 18 heavy (non-hydrogen) atoms. The van der Waals surface area contributed by atoms with Gasteiger partial charge in [0.05, 0.1) is 12.2 Å². The van der Waals surface area contributed by atoms with Crippen molar-refractivity contribution in [1.82, 2.24) is 0 Å². The van der Waals surface area contributed by atoms with E-state index in [-0.39, 0.29) is 30.9 Å². The number of ether oxygens (including phenoxy) is 2. The standard InChI is InChI=1S/C11H12F3NO3/c12-11(13,14)8-6-10-9(16-3-4-17-10)5-7(8)1-2-18-15/h5-6H,1-4,15H2. The summed E-state index contributed by atoms with van der Waals surface area (Å²) in [5, 5.41) is 0. The third-order valence-corrected chi connectivity index (χ3v) is 2.56. The molecule has 7 heteroatoms. The van der Waals surface area contributed by atoms with E-state index in [9.17, 15) is 13.2 Å². The molecule has 0 aromatic heterocycles. The van der Waals surface area contributed by atoms with Gasteiger partial charge in [-0.3, -0.25) is 0 Å². The molecule has 1 aromatic rings. The number of nitrogens with two attached hydrogens (primary N) is 1. The Balaban J connectivity index is 2.41. The van der Waals surface area contributed by atoms with Crippen molar-refractivity contribution in [1.29, 1.82) is 0 Å². The van der Waals surface area contributed by atoms with Gasteiger partial charge >= 0.3 is 6.18 Å². The van der Waals surface area contributed by atoms with Crippen LogP contribution in [-0.2, 0) is 17.4 Å². The fourth-order valence-corrected chi connectivity index (χ4v) is 1.77. The molecule has 1 heterocycles. The zero-order chi connectivity index (χ0) is 13.2. The minimum Gasteiger partial charge on any atom is -0.486 e. The first-order valence-corrected chi connectivity index (χ1v) is 5.34. The summed E-state index contributed by atoms with van der Waals surface area (Å²) < 4.78 is 49.0. The molecule has 0 atom stereocenters. The van der Waals surface area contributed by atoms with Gasteiger partial charge in [0.25, 0.3) is 0 Å². The number of alkyl halides is 3. The molecule has 0 radical (unpaired) electrons. The molecule has 0 saturated heterocycles. The third-order valence-electron chi connectivity index (χ3n) is 2.56. The van der Waals surface area contributed by atoms with E-state index in [0.717, 1.165) is 6.07 Å². The number of hydrogen-bond acceptors (Lipinski definition) is 4. The SMILES string of the molecule is NOCCc1cc2c(cc1C(F)(F)F)OCCO2. The molecule has 0 bridgehead atoms. The van der Waals surface area contributed by atoms with Crippen LogP contribution in [0.2, 0.25) is 0 Å². The van der Waals surface area contributed by atoms with Gasteiger partial charge in [-0.2, -0.15) is 13.2 Å². The van der Waals surface area contributed by atoms with E-state index in [2.05, 4.69) is 4.84 Å². The van der Waals surface area contributed by atoms with Gasteiger partial charge in [-0.05, 0) is 24.1 Å². The highest BCUT2D eigenvalue weighted by atomic mass is 19.4. The largest absolute Gasteiger partial charge is 0.486 e. The summed E-state index contributed by atoms with van der Waals surface area (Å²) in [5.74, 6) is 5.27. The average Bonchev–Trinajstić information content (AvgIpc) is 2.34. The summed E-state index contributed by atoms with van der Waals surface area (Å²) in [6.45, 7) is 0.573. The van der Waals surface area contributed by atoms with Crippen LogP contribution < -0.4 is 15.4 Å². The van der Waals surface area contributed by atoms with Gasteiger partial charge in [-0.15, -0.1) is 0 Å². The maximum Gasteiger partial charge on any atom is 0.416 e. The van der Waals surface area contributed by atoms with E-state index in [1.54, 1.807) is 0 Å². The first-order valence-electron chi connectivity index (χ1n) is 5.34. The molecule has 1 aliphatic heterocycles. The molecule has 0 aliphatic carbocycles. The maximum atomic E-state index is 12.9. The Labute approximate surface area is 101 Å². The van der Waals surface area contributed by atoms with Crippen molar-refractivity contribution in [3.05, 3.63) is 23.3 Å². The van der Waals surface area contributed by atoms with Crippen LogP contribution in [0.1, 0.15) is 11.1 Å². The summed E-state index contributed by atoms with van der Waals surface area (Å²) in [6.07, 6.45) is -4.39. The molecule has 1 aromatic carbocycles.